The van der Waals surface area contributed by atoms with Crippen LogP contribution in [0.1, 0.15) is 27.8 Å². The number of rotatable bonds is 4. The van der Waals surface area contributed by atoms with E-state index in [0.29, 0.717) is 0 Å². The molecular formula is C17H11BBr2O8. The Labute approximate surface area is 175 Å². The standard InChI is InChI=1S/C17H11BBr2O8/c18-10-13(25)9-8(11(23)4-1-5(19)12(24)6(20)2-4)16(7(22)3-21)28-17(9)15(27)14(10)26/h1-2,7,21-22,24-27H,3H2. The molecule has 6 N–H and O–H groups in total. The third-order valence-corrected chi connectivity index (χ3v) is 5.31. The Balaban J connectivity index is 2.40. The molecule has 2 aromatic carbocycles. The number of ketones is 1. The second-order valence-electron chi connectivity index (χ2n) is 5.82. The fourth-order valence-corrected chi connectivity index (χ4v) is 3.89. The van der Waals surface area contributed by atoms with Crippen LogP contribution >= 0.6 is 31.9 Å². The second kappa shape index (κ2) is 7.32. The van der Waals surface area contributed by atoms with Gasteiger partial charge >= 0.3 is 0 Å². The van der Waals surface area contributed by atoms with Gasteiger partial charge < -0.3 is 35.1 Å². The molecule has 1 heterocycles. The van der Waals surface area contributed by atoms with Gasteiger partial charge in [0.25, 0.3) is 0 Å². The molecule has 3 aromatic rings. The SMILES string of the molecule is [B]c1c(O)c(O)c2oc(C(O)CO)c(C(=O)c3cc(Br)c(O)c(Br)c3)c2c1O. The van der Waals surface area contributed by atoms with E-state index in [1.165, 1.54) is 12.1 Å². The third kappa shape index (κ3) is 3.04. The molecule has 1 atom stereocenters. The van der Waals surface area contributed by atoms with Gasteiger partial charge in [-0.25, -0.2) is 0 Å². The highest BCUT2D eigenvalue weighted by Crippen LogP contribution is 2.44. The van der Waals surface area contributed by atoms with E-state index in [9.17, 15) is 35.4 Å². The largest absolute Gasteiger partial charge is 0.508 e. The van der Waals surface area contributed by atoms with E-state index in [1.807, 2.05) is 0 Å². The van der Waals surface area contributed by atoms with E-state index in [2.05, 4.69) is 31.9 Å². The summed E-state index contributed by atoms with van der Waals surface area (Å²) in [5.74, 6) is -3.83. The highest BCUT2D eigenvalue weighted by molar-refractivity contribution is 9.11. The molecule has 0 fully saturated rings. The molecule has 1 aromatic heterocycles. The maximum Gasteiger partial charge on any atom is 0.201 e. The van der Waals surface area contributed by atoms with E-state index in [-0.39, 0.29) is 31.2 Å². The Morgan fingerprint density at radius 3 is 2.14 bits per heavy atom. The molecule has 144 valence electrons. The number of hydrogen-bond donors (Lipinski definition) is 6. The van der Waals surface area contributed by atoms with Crippen LogP contribution in [0.25, 0.3) is 11.0 Å². The molecule has 2 radical (unpaired) electrons. The molecule has 3 rings (SSSR count). The predicted octanol–water partition coefficient (Wildman–Crippen LogP) is 1.83. The maximum absolute atomic E-state index is 13.2. The number of benzene rings is 2. The lowest BCUT2D eigenvalue weighted by atomic mass is 9.89. The van der Waals surface area contributed by atoms with Crippen molar-refractivity contribution in [2.45, 2.75) is 6.10 Å². The number of carbonyl (C=O) groups is 1. The first-order valence-corrected chi connectivity index (χ1v) is 9.19. The minimum absolute atomic E-state index is 0.0103. The van der Waals surface area contributed by atoms with Crippen molar-refractivity contribution in [3.05, 3.63) is 38.0 Å². The van der Waals surface area contributed by atoms with Crippen LogP contribution in [0.4, 0.5) is 0 Å². The fraction of sp³-hybridized carbons (Fsp3) is 0.118. The quantitative estimate of drug-likeness (QED) is 0.134. The minimum atomic E-state index is -1.67. The number of halogens is 2. The molecule has 0 aliphatic carbocycles. The van der Waals surface area contributed by atoms with E-state index >= 15 is 0 Å². The molecule has 0 amide bonds. The maximum atomic E-state index is 13.2. The molecule has 0 aliphatic rings. The van der Waals surface area contributed by atoms with Crippen molar-refractivity contribution in [2.24, 2.45) is 0 Å². The first kappa shape index (κ1) is 20.5. The molecule has 1 unspecified atom stereocenters. The molecule has 0 spiro atoms. The summed E-state index contributed by atoms with van der Waals surface area (Å²) in [5.41, 5.74) is -1.46. The van der Waals surface area contributed by atoms with Gasteiger partial charge in [-0.2, -0.15) is 0 Å². The second-order valence-corrected chi connectivity index (χ2v) is 7.53. The van der Waals surface area contributed by atoms with Crippen LogP contribution in [0, 0.1) is 0 Å². The number of aliphatic hydroxyl groups is 2. The van der Waals surface area contributed by atoms with Gasteiger partial charge in [0.1, 0.15) is 31.2 Å². The summed E-state index contributed by atoms with van der Waals surface area (Å²) in [6, 6.07) is 2.58. The van der Waals surface area contributed by atoms with Gasteiger partial charge in [0.05, 0.1) is 26.5 Å². The van der Waals surface area contributed by atoms with Gasteiger partial charge in [-0.1, -0.05) is 0 Å². The van der Waals surface area contributed by atoms with Crippen molar-refractivity contribution in [1.29, 1.82) is 0 Å². The van der Waals surface area contributed by atoms with Crippen LogP contribution in [0.5, 0.6) is 23.0 Å². The van der Waals surface area contributed by atoms with Crippen LogP contribution in [0.3, 0.4) is 0 Å². The van der Waals surface area contributed by atoms with E-state index < -0.39 is 52.5 Å². The normalized spacial score (nSPS) is 12.4. The minimum Gasteiger partial charge on any atom is -0.508 e. The third-order valence-electron chi connectivity index (χ3n) is 4.10. The Morgan fingerprint density at radius 1 is 1.04 bits per heavy atom. The Morgan fingerprint density at radius 2 is 1.61 bits per heavy atom. The van der Waals surface area contributed by atoms with E-state index in [0.717, 1.165) is 0 Å². The summed E-state index contributed by atoms with van der Waals surface area (Å²) in [4.78, 5) is 13.2. The van der Waals surface area contributed by atoms with Crippen LogP contribution in [0.15, 0.2) is 25.5 Å². The zero-order valence-electron chi connectivity index (χ0n) is 13.8. The van der Waals surface area contributed by atoms with E-state index in [4.69, 9.17) is 12.3 Å². The number of furan rings is 1. The summed E-state index contributed by atoms with van der Waals surface area (Å²) in [6.07, 6.45) is -1.67. The van der Waals surface area contributed by atoms with Gasteiger partial charge in [-0.3, -0.25) is 4.79 Å². The molecule has 11 heteroatoms. The first-order valence-electron chi connectivity index (χ1n) is 7.60. The number of aromatic hydroxyl groups is 4. The molecule has 0 saturated carbocycles. The molecule has 0 bridgehead atoms. The predicted molar refractivity (Wildman–Crippen MR) is 106 cm³/mol. The zero-order chi connectivity index (χ0) is 20.9. The summed E-state index contributed by atoms with van der Waals surface area (Å²) < 4.78 is 5.67. The highest BCUT2D eigenvalue weighted by Gasteiger charge is 2.32. The smallest absolute Gasteiger partial charge is 0.201 e. The van der Waals surface area contributed by atoms with Crippen LogP contribution in [-0.4, -0.2) is 50.9 Å². The number of carbonyl (C=O) groups excluding carboxylic acids is 1. The Bertz CT molecular complexity index is 1100. The summed E-state index contributed by atoms with van der Waals surface area (Å²) >= 11 is 6.20. The Kier molecular flexibility index (Phi) is 5.37. The number of phenols is 4. The van der Waals surface area contributed by atoms with Gasteiger partial charge in [-0.05, 0) is 49.5 Å². The lowest BCUT2D eigenvalue weighted by Crippen LogP contribution is -2.11. The van der Waals surface area contributed by atoms with Crippen LogP contribution in [-0.2, 0) is 0 Å². The molecule has 0 saturated heterocycles. The Hall–Kier alpha value is -2.21. The molecular weight excluding hydrogens is 503 g/mol. The van der Waals surface area contributed by atoms with Crippen molar-refractivity contribution in [3.8, 4) is 23.0 Å². The number of phenolic OH excluding ortho intramolecular Hbond substituents is 4. The van der Waals surface area contributed by atoms with Crippen molar-refractivity contribution in [2.75, 3.05) is 6.61 Å². The van der Waals surface area contributed by atoms with Crippen molar-refractivity contribution < 1.29 is 39.9 Å². The van der Waals surface area contributed by atoms with Gasteiger partial charge in [0.2, 0.25) is 5.75 Å². The van der Waals surface area contributed by atoms with E-state index in [1.54, 1.807) is 0 Å². The summed E-state index contributed by atoms with van der Waals surface area (Å²) in [7, 11) is 5.57. The average Bonchev–Trinajstić information content (AvgIpc) is 3.07. The van der Waals surface area contributed by atoms with Gasteiger partial charge in [0.15, 0.2) is 17.1 Å². The first-order chi connectivity index (χ1) is 13.1. The van der Waals surface area contributed by atoms with Gasteiger partial charge in [-0.15, -0.1) is 0 Å². The topological polar surface area (TPSA) is 152 Å². The van der Waals surface area contributed by atoms with Gasteiger partial charge in [0, 0.05) is 5.56 Å². The highest BCUT2D eigenvalue weighted by atomic mass is 79.9. The lowest BCUT2D eigenvalue weighted by molar-refractivity contribution is 0.0767. The van der Waals surface area contributed by atoms with Crippen LogP contribution in [0.2, 0.25) is 0 Å². The van der Waals surface area contributed by atoms with Crippen molar-refractivity contribution >= 4 is 61.9 Å². The monoisotopic (exact) mass is 512 g/mol. The molecule has 0 aliphatic heterocycles. The molecule has 8 nitrogen and oxygen atoms in total. The number of aliphatic hydroxyl groups excluding tert-OH is 2. The summed E-state index contributed by atoms with van der Waals surface area (Å²) in [6.45, 7) is -0.827. The van der Waals surface area contributed by atoms with Crippen molar-refractivity contribution in [3.63, 3.8) is 0 Å². The summed E-state index contributed by atoms with van der Waals surface area (Å²) in [5, 5.41) is 59.1. The number of fused-ring (bicyclic) bond motifs is 1. The molecule has 28 heavy (non-hydrogen) atoms. The zero-order valence-corrected chi connectivity index (χ0v) is 16.9. The average molecular weight is 514 g/mol. The number of hydrogen-bond acceptors (Lipinski definition) is 8. The van der Waals surface area contributed by atoms with Crippen LogP contribution < -0.4 is 5.46 Å². The fourth-order valence-electron chi connectivity index (χ4n) is 2.71. The lowest BCUT2D eigenvalue weighted by Gasteiger charge is -2.10. The van der Waals surface area contributed by atoms with Crippen molar-refractivity contribution in [1.82, 2.24) is 0 Å².